The zero-order chi connectivity index (χ0) is 6.97. The van der Waals surface area contributed by atoms with E-state index in [0.29, 0.717) is 0 Å². The monoisotopic (exact) mass is 205 g/mol. The first-order chi connectivity index (χ1) is 4.88. The zero-order valence-corrected chi connectivity index (χ0v) is 7.78. The first kappa shape index (κ1) is 11.1. The van der Waals surface area contributed by atoms with E-state index in [9.17, 15) is 0 Å². The predicted molar refractivity (Wildman–Crippen MR) is 55.0 cm³/mol. The van der Waals surface area contributed by atoms with Crippen LogP contribution in [0.1, 0.15) is 0 Å². The molecule has 0 aliphatic carbocycles. The molecule has 1 heterocycles. The van der Waals surface area contributed by atoms with Crippen LogP contribution in [0.4, 0.5) is 5.69 Å². The molecule has 0 saturated carbocycles. The van der Waals surface area contributed by atoms with Crippen molar-refractivity contribution in [1.29, 1.82) is 0 Å². The van der Waals surface area contributed by atoms with Gasteiger partial charge in [0.05, 0.1) is 17.4 Å². The molecule has 0 atom stereocenters. The van der Waals surface area contributed by atoms with E-state index in [1.807, 2.05) is 18.2 Å². The van der Waals surface area contributed by atoms with E-state index in [0.717, 1.165) is 16.6 Å². The van der Waals surface area contributed by atoms with Crippen LogP contribution >= 0.6 is 24.8 Å². The average Bonchev–Trinajstić information content (AvgIpc) is 2.36. The molecule has 3 N–H and O–H groups in total. The highest BCUT2D eigenvalue weighted by molar-refractivity contribution is 5.88. The molecule has 12 heavy (non-hydrogen) atoms. The highest BCUT2D eigenvalue weighted by Crippen LogP contribution is 2.16. The van der Waals surface area contributed by atoms with Crippen LogP contribution in [0.3, 0.4) is 0 Å². The number of hydrogen-bond donors (Lipinski definition) is 2. The van der Waals surface area contributed by atoms with Gasteiger partial charge in [-0.3, -0.25) is 5.10 Å². The van der Waals surface area contributed by atoms with Crippen molar-refractivity contribution in [2.24, 2.45) is 0 Å². The fourth-order valence-corrected chi connectivity index (χ4v) is 0.992. The SMILES string of the molecule is Cl.Cl.Nc1cccc2cn[nH]c12. The average molecular weight is 206 g/mol. The summed E-state index contributed by atoms with van der Waals surface area (Å²) in [4.78, 5) is 0. The van der Waals surface area contributed by atoms with E-state index in [1.54, 1.807) is 6.20 Å². The third-order valence-electron chi connectivity index (χ3n) is 1.51. The predicted octanol–water partition coefficient (Wildman–Crippen LogP) is 1.99. The second kappa shape index (κ2) is 4.18. The van der Waals surface area contributed by atoms with Crippen molar-refractivity contribution in [2.45, 2.75) is 0 Å². The number of anilines is 1. The van der Waals surface area contributed by atoms with Crippen LogP contribution in [-0.4, -0.2) is 10.2 Å². The Bertz CT molecular complexity index is 358. The van der Waals surface area contributed by atoms with E-state index < -0.39 is 0 Å². The van der Waals surface area contributed by atoms with E-state index in [4.69, 9.17) is 5.73 Å². The lowest BCUT2D eigenvalue weighted by Gasteiger charge is -1.91. The Hall–Kier alpha value is -0.930. The van der Waals surface area contributed by atoms with E-state index >= 15 is 0 Å². The number of nitrogens with two attached hydrogens (primary N) is 1. The lowest BCUT2D eigenvalue weighted by atomic mass is 10.2. The van der Waals surface area contributed by atoms with Gasteiger partial charge in [-0.2, -0.15) is 5.10 Å². The quantitative estimate of drug-likeness (QED) is 0.647. The van der Waals surface area contributed by atoms with Crippen LogP contribution in [0.2, 0.25) is 0 Å². The Morgan fingerprint density at radius 3 is 2.67 bits per heavy atom. The number of H-pyrrole nitrogens is 1. The number of nitrogen functional groups attached to an aromatic ring is 1. The summed E-state index contributed by atoms with van der Waals surface area (Å²) in [6, 6.07) is 5.73. The minimum absolute atomic E-state index is 0. The van der Waals surface area contributed by atoms with Crippen molar-refractivity contribution >= 4 is 41.4 Å². The van der Waals surface area contributed by atoms with Gasteiger partial charge in [0, 0.05) is 5.39 Å². The Kier molecular flexibility index (Phi) is 3.86. The van der Waals surface area contributed by atoms with Crippen LogP contribution in [0, 0.1) is 0 Å². The topological polar surface area (TPSA) is 54.7 Å². The summed E-state index contributed by atoms with van der Waals surface area (Å²) in [6.07, 6.45) is 1.76. The second-order valence-electron chi connectivity index (χ2n) is 2.18. The molecule has 0 bridgehead atoms. The Morgan fingerprint density at radius 2 is 2.00 bits per heavy atom. The number of para-hydroxylation sites is 1. The van der Waals surface area contributed by atoms with Gasteiger partial charge in [0.1, 0.15) is 0 Å². The lowest BCUT2D eigenvalue weighted by molar-refractivity contribution is 1.12. The molecule has 66 valence electrons. The van der Waals surface area contributed by atoms with Gasteiger partial charge in [0.15, 0.2) is 0 Å². The van der Waals surface area contributed by atoms with Crippen molar-refractivity contribution in [3.8, 4) is 0 Å². The fourth-order valence-electron chi connectivity index (χ4n) is 0.992. The molecule has 2 aromatic rings. The molecular weight excluding hydrogens is 197 g/mol. The minimum Gasteiger partial charge on any atom is -0.397 e. The number of nitrogens with zero attached hydrogens (tertiary/aromatic N) is 1. The molecule has 0 fully saturated rings. The Balaban J connectivity index is 0.000000605. The van der Waals surface area contributed by atoms with Gasteiger partial charge < -0.3 is 5.73 Å². The molecule has 0 spiro atoms. The second-order valence-corrected chi connectivity index (χ2v) is 2.18. The highest BCUT2D eigenvalue weighted by atomic mass is 35.5. The highest BCUT2D eigenvalue weighted by Gasteiger charge is 1.95. The maximum absolute atomic E-state index is 5.63. The number of fused-ring (bicyclic) bond motifs is 1. The number of rotatable bonds is 0. The normalized spacial score (nSPS) is 8.67. The van der Waals surface area contributed by atoms with Gasteiger partial charge in [-0.25, -0.2) is 0 Å². The molecule has 1 aromatic carbocycles. The summed E-state index contributed by atoms with van der Waals surface area (Å²) in [7, 11) is 0. The van der Waals surface area contributed by atoms with Gasteiger partial charge >= 0.3 is 0 Å². The minimum atomic E-state index is 0. The van der Waals surface area contributed by atoms with Crippen molar-refractivity contribution in [2.75, 3.05) is 5.73 Å². The van der Waals surface area contributed by atoms with Gasteiger partial charge in [-0.05, 0) is 6.07 Å². The third kappa shape index (κ3) is 1.62. The molecule has 3 nitrogen and oxygen atoms in total. The van der Waals surface area contributed by atoms with Gasteiger partial charge in [-0.1, -0.05) is 12.1 Å². The molecule has 0 unspecified atom stereocenters. The molecule has 0 aliphatic rings. The molecular formula is C7H9Cl2N3. The molecule has 1 aromatic heterocycles. The van der Waals surface area contributed by atoms with Crippen LogP contribution in [0.5, 0.6) is 0 Å². The smallest absolute Gasteiger partial charge is 0.0879 e. The number of benzene rings is 1. The number of hydrogen-bond acceptors (Lipinski definition) is 2. The number of aromatic amines is 1. The van der Waals surface area contributed by atoms with Gasteiger partial charge in [0.2, 0.25) is 0 Å². The van der Waals surface area contributed by atoms with Crippen molar-refractivity contribution < 1.29 is 0 Å². The number of aromatic nitrogens is 2. The summed E-state index contributed by atoms with van der Waals surface area (Å²) >= 11 is 0. The number of nitrogens with one attached hydrogen (secondary N) is 1. The van der Waals surface area contributed by atoms with E-state index in [-0.39, 0.29) is 24.8 Å². The maximum atomic E-state index is 5.63. The largest absolute Gasteiger partial charge is 0.397 e. The summed E-state index contributed by atoms with van der Waals surface area (Å²) in [5.41, 5.74) is 7.29. The summed E-state index contributed by atoms with van der Waals surface area (Å²) < 4.78 is 0. The maximum Gasteiger partial charge on any atom is 0.0879 e. The van der Waals surface area contributed by atoms with Crippen LogP contribution in [0.15, 0.2) is 24.4 Å². The lowest BCUT2D eigenvalue weighted by Crippen LogP contribution is -1.84. The molecule has 5 heteroatoms. The van der Waals surface area contributed by atoms with E-state index in [2.05, 4.69) is 10.2 Å². The first-order valence-electron chi connectivity index (χ1n) is 3.05. The Morgan fingerprint density at radius 1 is 1.25 bits per heavy atom. The standard InChI is InChI=1S/C7H7N3.2ClH/c8-6-3-1-2-5-4-9-10-7(5)6;;/h1-4H,8H2,(H,9,10);2*1H. The molecule has 0 saturated heterocycles. The van der Waals surface area contributed by atoms with E-state index in [1.165, 1.54) is 0 Å². The van der Waals surface area contributed by atoms with Crippen molar-refractivity contribution in [3.63, 3.8) is 0 Å². The molecule has 0 amide bonds. The molecule has 0 aliphatic heterocycles. The van der Waals surface area contributed by atoms with Gasteiger partial charge in [-0.15, -0.1) is 24.8 Å². The Labute approximate surface area is 82.2 Å². The van der Waals surface area contributed by atoms with Crippen LogP contribution in [-0.2, 0) is 0 Å². The molecule has 2 rings (SSSR count). The fraction of sp³-hybridized carbons (Fsp3) is 0. The summed E-state index contributed by atoms with van der Waals surface area (Å²) in [5, 5.41) is 7.73. The van der Waals surface area contributed by atoms with Crippen LogP contribution in [0.25, 0.3) is 10.9 Å². The third-order valence-corrected chi connectivity index (χ3v) is 1.51. The van der Waals surface area contributed by atoms with Crippen LogP contribution < -0.4 is 5.73 Å². The van der Waals surface area contributed by atoms with Crippen molar-refractivity contribution in [1.82, 2.24) is 10.2 Å². The van der Waals surface area contributed by atoms with Gasteiger partial charge in [0.25, 0.3) is 0 Å². The first-order valence-corrected chi connectivity index (χ1v) is 3.05. The summed E-state index contributed by atoms with van der Waals surface area (Å²) in [5.74, 6) is 0. The number of halogens is 2. The zero-order valence-electron chi connectivity index (χ0n) is 6.15. The van der Waals surface area contributed by atoms with Crippen molar-refractivity contribution in [3.05, 3.63) is 24.4 Å². The summed E-state index contributed by atoms with van der Waals surface area (Å²) in [6.45, 7) is 0. The molecule has 0 radical (unpaired) electrons.